The van der Waals surface area contributed by atoms with Gasteiger partial charge in [-0.2, -0.15) is 0 Å². The number of nitrogens with zero attached hydrogens (tertiary/aromatic N) is 6. The molecule has 1 fully saturated rings. The molecule has 4 aromatic heterocycles. The summed E-state index contributed by atoms with van der Waals surface area (Å²) in [5.41, 5.74) is 3.56. The molecule has 2 N–H and O–H groups in total. The van der Waals surface area contributed by atoms with Gasteiger partial charge in [-0.1, -0.05) is 37.1 Å². The molecule has 0 unspecified atom stereocenters. The van der Waals surface area contributed by atoms with Crippen LogP contribution in [0.15, 0.2) is 97.6 Å². The third-order valence-corrected chi connectivity index (χ3v) is 7.64. The molecule has 44 heavy (non-hydrogen) atoms. The standard InChI is InChI=1S/C34H40N8O2/c43-33(25-41(21-27-11-3-7-17-35-27)22-28-12-4-8-18-36-28)39-31-15-1-2-16-32(31)40-34(44)26-42(23-29-13-5-9-19-37-29)24-30-14-6-10-20-38-30/h3-14,17-20,31-32H,1-2,15-16,21-26H2,(H,39,43)(H,40,44)/t31-,32-/m0/s1. The lowest BCUT2D eigenvalue weighted by molar-refractivity contribution is -0.126. The first-order valence-corrected chi connectivity index (χ1v) is 15.2. The van der Waals surface area contributed by atoms with Gasteiger partial charge in [0, 0.05) is 63.1 Å². The Balaban J connectivity index is 1.20. The third kappa shape index (κ3) is 10.0. The zero-order valence-corrected chi connectivity index (χ0v) is 25.0. The second kappa shape index (κ2) is 16.3. The summed E-state index contributed by atoms with van der Waals surface area (Å²) in [5, 5.41) is 6.48. The van der Waals surface area contributed by atoms with Gasteiger partial charge in [-0.05, 0) is 61.4 Å². The van der Waals surface area contributed by atoms with Gasteiger partial charge >= 0.3 is 0 Å². The van der Waals surface area contributed by atoms with Crippen molar-refractivity contribution in [3.05, 3.63) is 120 Å². The number of amides is 2. The van der Waals surface area contributed by atoms with Crippen molar-refractivity contribution in [3.63, 3.8) is 0 Å². The highest BCUT2D eigenvalue weighted by Crippen LogP contribution is 2.19. The number of pyridine rings is 4. The number of carbonyl (C=O) groups is 2. The summed E-state index contributed by atoms with van der Waals surface area (Å²) >= 11 is 0. The molecule has 1 aliphatic rings. The van der Waals surface area contributed by atoms with Crippen molar-refractivity contribution in [2.45, 2.75) is 63.9 Å². The fraction of sp³-hybridized carbons (Fsp3) is 0.353. The number of aromatic nitrogens is 4. The van der Waals surface area contributed by atoms with Crippen molar-refractivity contribution in [1.82, 2.24) is 40.4 Å². The fourth-order valence-electron chi connectivity index (χ4n) is 5.61. The summed E-state index contributed by atoms with van der Waals surface area (Å²) in [7, 11) is 0. The Bertz CT molecular complexity index is 1230. The minimum atomic E-state index is -0.133. The van der Waals surface area contributed by atoms with E-state index >= 15 is 0 Å². The van der Waals surface area contributed by atoms with E-state index in [1.807, 2.05) is 82.6 Å². The molecule has 10 heteroatoms. The van der Waals surface area contributed by atoms with E-state index in [0.29, 0.717) is 26.2 Å². The first-order chi connectivity index (χ1) is 21.6. The smallest absolute Gasteiger partial charge is 0.234 e. The van der Waals surface area contributed by atoms with Crippen LogP contribution in [0.3, 0.4) is 0 Å². The molecule has 0 saturated heterocycles. The van der Waals surface area contributed by atoms with Crippen molar-refractivity contribution in [2.75, 3.05) is 13.1 Å². The van der Waals surface area contributed by atoms with E-state index in [4.69, 9.17) is 0 Å². The van der Waals surface area contributed by atoms with Gasteiger partial charge in [-0.3, -0.25) is 39.3 Å². The zero-order chi connectivity index (χ0) is 30.4. The average Bonchev–Trinajstić information content (AvgIpc) is 3.04. The Morgan fingerprint density at radius 2 is 0.864 bits per heavy atom. The molecular formula is C34H40N8O2. The molecule has 4 aromatic rings. The van der Waals surface area contributed by atoms with E-state index in [9.17, 15) is 9.59 Å². The molecule has 0 spiro atoms. The summed E-state index contributed by atoms with van der Waals surface area (Å²) in [5.74, 6) is -0.148. The van der Waals surface area contributed by atoms with Crippen LogP contribution in [0.2, 0.25) is 0 Å². The summed E-state index contributed by atoms with van der Waals surface area (Å²) < 4.78 is 0. The fourth-order valence-corrected chi connectivity index (χ4v) is 5.61. The van der Waals surface area contributed by atoms with Crippen LogP contribution in [-0.4, -0.2) is 66.7 Å². The molecule has 0 radical (unpaired) electrons. The monoisotopic (exact) mass is 592 g/mol. The minimum Gasteiger partial charge on any atom is -0.350 e. The van der Waals surface area contributed by atoms with Crippen LogP contribution >= 0.6 is 0 Å². The Hall–Kier alpha value is -4.54. The number of rotatable bonds is 14. The lowest BCUT2D eigenvalue weighted by Crippen LogP contribution is -2.55. The quantitative estimate of drug-likeness (QED) is 0.229. The minimum absolute atomic E-state index is 0.0741. The van der Waals surface area contributed by atoms with Crippen LogP contribution in [0.4, 0.5) is 0 Å². The molecule has 228 valence electrons. The molecule has 1 saturated carbocycles. The molecule has 0 bridgehead atoms. The van der Waals surface area contributed by atoms with E-state index in [1.165, 1.54) is 0 Å². The molecule has 2 atom stereocenters. The molecule has 5 rings (SSSR count). The van der Waals surface area contributed by atoms with Gasteiger partial charge in [0.2, 0.25) is 11.8 Å². The first kappa shape index (κ1) is 30.9. The van der Waals surface area contributed by atoms with Gasteiger partial charge in [-0.15, -0.1) is 0 Å². The summed E-state index contributed by atoms with van der Waals surface area (Å²) in [6.45, 7) is 2.50. The lowest BCUT2D eigenvalue weighted by Gasteiger charge is -2.34. The highest BCUT2D eigenvalue weighted by atomic mass is 16.2. The first-order valence-electron chi connectivity index (χ1n) is 15.2. The van der Waals surface area contributed by atoms with E-state index in [-0.39, 0.29) is 37.0 Å². The van der Waals surface area contributed by atoms with Crippen molar-refractivity contribution in [1.29, 1.82) is 0 Å². The Labute approximate surface area is 259 Å². The van der Waals surface area contributed by atoms with Crippen LogP contribution in [0.5, 0.6) is 0 Å². The van der Waals surface area contributed by atoms with Gasteiger partial charge in [0.25, 0.3) is 0 Å². The molecule has 2 amide bonds. The predicted molar refractivity (Wildman–Crippen MR) is 168 cm³/mol. The molecular weight excluding hydrogens is 552 g/mol. The second-order valence-electron chi connectivity index (χ2n) is 11.2. The second-order valence-corrected chi connectivity index (χ2v) is 11.2. The van der Waals surface area contributed by atoms with Crippen molar-refractivity contribution in [3.8, 4) is 0 Å². The lowest BCUT2D eigenvalue weighted by atomic mass is 9.90. The Morgan fingerprint density at radius 3 is 1.14 bits per heavy atom. The highest BCUT2D eigenvalue weighted by molar-refractivity contribution is 5.80. The van der Waals surface area contributed by atoms with E-state index < -0.39 is 0 Å². The van der Waals surface area contributed by atoms with Crippen LogP contribution < -0.4 is 10.6 Å². The molecule has 0 aliphatic heterocycles. The predicted octanol–water partition coefficient (Wildman–Crippen LogP) is 3.51. The Morgan fingerprint density at radius 1 is 0.545 bits per heavy atom. The zero-order valence-electron chi connectivity index (χ0n) is 25.0. The number of nitrogens with one attached hydrogen (secondary N) is 2. The van der Waals surface area contributed by atoms with Crippen molar-refractivity contribution in [2.24, 2.45) is 0 Å². The number of hydrogen-bond donors (Lipinski definition) is 2. The van der Waals surface area contributed by atoms with Crippen LogP contribution in [-0.2, 0) is 35.8 Å². The van der Waals surface area contributed by atoms with Crippen LogP contribution in [0.1, 0.15) is 48.5 Å². The maximum atomic E-state index is 13.4. The normalized spacial score (nSPS) is 16.5. The Kier molecular flexibility index (Phi) is 11.5. The van der Waals surface area contributed by atoms with E-state index in [1.54, 1.807) is 24.8 Å². The van der Waals surface area contributed by atoms with Gasteiger partial charge in [0.1, 0.15) is 0 Å². The average molecular weight is 593 g/mol. The summed E-state index contributed by atoms with van der Waals surface area (Å²) in [4.78, 5) is 48.7. The largest absolute Gasteiger partial charge is 0.350 e. The van der Waals surface area contributed by atoms with Crippen LogP contribution in [0.25, 0.3) is 0 Å². The summed E-state index contributed by atoms with van der Waals surface area (Å²) in [6.07, 6.45) is 10.7. The molecule has 1 aliphatic carbocycles. The van der Waals surface area contributed by atoms with Gasteiger partial charge < -0.3 is 10.6 Å². The van der Waals surface area contributed by atoms with Gasteiger partial charge in [0.05, 0.1) is 35.9 Å². The van der Waals surface area contributed by atoms with Crippen molar-refractivity contribution < 1.29 is 9.59 Å². The van der Waals surface area contributed by atoms with Gasteiger partial charge in [0.15, 0.2) is 0 Å². The van der Waals surface area contributed by atoms with E-state index in [0.717, 1.165) is 48.5 Å². The summed E-state index contributed by atoms with van der Waals surface area (Å²) in [6, 6.07) is 22.9. The topological polar surface area (TPSA) is 116 Å². The highest BCUT2D eigenvalue weighted by Gasteiger charge is 2.29. The maximum Gasteiger partial charge on any atom is 0.234 e. The SMILES string of the molecule is O=C(CN(Cc1ccccn1)Cc1ccccn1)N[C@H]1CCCC[C@@H]1NC(=O)CN(Cc1ccccn1)Cc1ccccn1. The van der Waals surface area contributed by atoms with Crippen molar-refractivity contribution >= 4 is 11.8 Å². The number of carbonyl (C=O) groups excluding carboxylic acids is 2. The maximum absolute atomic E-state index is 13.4. The number of hydrogen-bond acceptors (Lipinski definition) is 8. The third-order valence-electron chi connectivity index (χ3n) is 7.64. The molecule has 0 aromatic carbocycles. The molecule has 10 nitrogen and oxygen atoms in total. The van der Waals surface area contributed by atoms with Gasteiger partial charge in [-0.25, -0.2) is 0 Å². The molecule has 4 heterocycles. The van der Waals surface area contributed by atoms with Crippen LogP contribution in [0, 0.1) is 0 Å². The van der Waals surface area contributed by atoms with E-state index in [2.05, 4.69) is 30.6 Å².